The van der Waals surface area contributed by atoms with E-state index in [2.05, 4.69) is 16.7 Å². The molecule has 5 rings (SSSR count). The molecule has 1 saturated heterocycles. The highest BCUT2D eigenvalue weighted by Crippen LogP contribution is 2.39. The van der Waals surface area contributed by atoms with E-state index in [9.17, 15) is 34.0 Å². The molecule has 0 spiro atoms. The number of amides is 5. The molecule has 1 heterocycles. The van der Waals surface area contributed by atoms with Crippen molar-refractivity contribution in [1.82, 2.24) is 20.4 Å². The van der Waals surface area contributed by atoms with Gasteiger partial charge in [-0.05, 0) is 94.1 Å². The van der Waals surface area contributed by atoms with Gasteiger partial charge in [0.15, 0.2) is 6.04 Å². The summed E-state index contributed by atoms with van der Waals surface area (Å²) in [6.45, 7) is 10.7. The smallest absolute Gasteiger partial charge is 0.333 e. The molecular weight excluding hydrogens is 727 g/mol. The van der Waals surface area contributed by atoms with E-state index >= 15 is 0 Å². The van der Waals surface area contributed by atoms with Crippen LogP contribution in [0.5, 0.6) is 0 Å². The highest BCUT2D eigenvalue weighted by Gasteiger charge is 2.55. The van der Waals surface area contributed by atoms with Crippen LogP contribution in [0.4, 0.5) is 4.79 Å². The van der Waals surface area contributed by atoms with E-state index < -0.39 is 77.5 Å². The van der Waals surface area contributed by atoms with Gasteiger partial charge >= 0.3 is 18.0 Å². The van der Waals surface area contributed by atoms with Crippen molar-refractivity contribution in [2.24, 2.45) is 0 Å². The Balaban J connectivity index is 1.44. The zero-order chi connectivity index (χ0) is 41.7. The molecule has 0 radical (unpaired) electrons. The molecule has 0 bridgehead atoms. The Labute approximate surface area is 331 Å². The van der Waals surface area contributed by atoms with Crippen molar-refractivity contribution in [1.29, 1.82) is 5.26 Å². The van der Waals surface area contributed by atoms with E-state index in [0.717, 1.165) is 21.2 Å². The lowest BCUT2D eigenvalue weighted by Gasteiger charge is -2.32. The zero-order valence-corrected chi connectivity index (χ0v) is 33.1. The van der Waals surface area contributed by atoms with Crippen molar-refractivity contribution in [3.8, 4) is 6.07 Å². The van der Waals surface area contributed by atoms with Crippen LogP contribution in [0.3, 0.4) is 0 Å². The summed E-state index contributed by atoms with van der Waals surface area (Å²) in [5, 5.41) is 16.5. The maximum atomic E-state index is 14.4. The van der Waals surface area contributed by atoms with Crippen LogP contribution in [-0.2, 0) is 45.5 Å². The van der Waals surface area contributed by atoms with Gasteiger partial charge in [0, 0.05) is 6.54 Å². The molecule has 5 amide bonds. The number of nitrogens with zero attached hydrogens (tertiary/aromatic N) is 3. The summed E-state index contributed by atoms with van der Waals surface area (Å²) in [4.78, 5) is 85.1. The second-order valence-corrected chi connectivity index (χ2v) is 16.0. The van der Waals surface area contributed by atoms with Gasteiger partial charge in [-0.1, -0.05) is 78.9 Å². The Hall–Kier alpha value is -6.55. The van der Waals surface area contributed by atoms with E-state index in [1.165, 1.54) is 4.90 Å². The fourth-order valence-corrected chi connectivity index (χ4v) is 6.51. The van der Waals surface area contributed by atoms with E-state index in [1.807, 2.05) is 42.5 Å². The molecule has 3 atom stereocenters. The van der Waals surface area contributed by atoms with Crippen molar-refractivity contribution < 1.29 is 38.2 Å². The Morgan fingerprint density at radius 2 is 1.40 bits per heavy atom. The average Bonchev–Trinajstić information content (AvgIpc) is 3.32. The van der Waals surface area contributed by atoms with Crippen LogP contribution in [0, 0.1) is 11.3 Å². The number of benzene rings is 4. The van der Waals surface area contributed by atoms with Crippen molar-refractivity contribution in [2.45, 2.75) is 90.3 Å². The molecule has 0 aromatic heterocycles. The number of imide groups is 1. The molecule has 2 N–H and O–H groups in total. The number of carbonyl (C=O) groups excluding carboxylic acids is 6. The number of nitriles is 1. The standard InChI is InChI=1S/C44H47N5O8/c1-42(2,3)56-36(51)24-34(38(52)47-37(31-14-9-8-10-15-31)39(53)57-43(4,5)6)46-35(50)27-48-40(54)44(7,33-21-18-28(25-45)19-22-33)49(41(48)55)26-29-17-20-30-13-11-12-16-32(30)23-29/h8-23,34,37H,24,26-27H2,1-7H3,(H,46,50)(H,47,52)/t34-,37?,44?/m0/s1. The minimum Gasteiger partial charge on any atom is -0.460 e. The summed E-state index contributed by atoms with van der Waals surface area (Å²) in [6.07, 6.45) is -0.635. The summed E-state index contributed by atoms with van der Waals surface area (Å²) in [5.74, 6) is -4.14. The summed E-state index contributed by atoms with van der Waals surface area (Å²) in [5.41, 5.74) is -1.53. The van der Waals surface area contributed by atoms with Crippen LogP contribution in [-0.4, -0.2) is 69.3 Å². The summed E-state index contributed by atoms with van der Waals surface area (Å²) in [6, 6.07) is 26.4. The van der Waals surface area contributed by atoms with Gasteiger partial charge in [0.05, 0.1) is 18.1 Å². The third-order valence-electron chi connectivity index (χ3n) is 9.20. The highest BCUT2D eigenvalue weighted by atomic mass is 16.6. The number of carbonyl (C=O) groups is 6. The van der Waals surface area contributed by atoms with Gasteiger partial charge in [-0.25, -0.2) is 9.59 Å². The third kappa shape index (κ3) is 10.0. The number of rotatable bonds is 12. The Kier molecular flexibility index (Phi) is 12.2. The van der Waals surface area contributed by atoms with Gasteiger partial charge < -0.3 is 25.0 Å². The SMILES string of the molecule is CC(C)(C)OC(=O)C[C@H](NC(=O)CN1C(=O)N(Cc2ccc3ccccc3c2)C(C)(c2ccc(C#N)cc2)C1=O)C(=O)NC(C(=O)OC(C)(C)C)c1ccccc1. The number of fused-ring (bicyclic) bond motifs is 1. The van der Waals surface area contributed by atoms with E-state index in [0.29, 0.717) is 16.7 Å². The van der Waals surface area contributed by atoms with Gasteiger partial charge in [-0.3, -0.25) is 24.1 Å². The van der Waals surface area contributed by atoms with Crippen molar-refractivity contribution in [2.75, 3.05) is 6.54 Å². The number of esters is 2. The first-order chi connectivity index (χ1) is 26.8. The lowest BCUT2D eigenvalue weighted by molar-refractivity contribution is -0.159. The van der Waals surface area contributed by atoms with Crippen LogP contribution in [0.15, 0.2) is 97.1 Å². The summed E-state index contributed by atoms with van der Waals surface area (Å²) >= 11 is 0. The lowest BCUT2D eigenvalue weighted by atomic mass is 9.89. The molecule has 4 aromatic carbocycles. The fourth-order valence-electron chi connectivity index (χ4n) is 6.51. The second kappa shape index (κ2) is 16.7. The molecule has 13 nitrogen and oxygen atoms in total. The summed E-state index contributed by atoms with van der Waals surface area (Å²) < 4.78 is 11.0. The van der Waals surface area contributed by atoms with Gasteiger partial charge in [0.25, 0.3) is 5.91 Å². The largest absolute Gasteiger partial charge is 0.460 e. The van der Waals surface area contributed by atoms with Crippen molar-refractivity contribution in [3.63, 3.8) is 0 Å². The van der Waals surface area contributed by atoms with E-state index in [1.54, 1.807) is 103 Å². The number of hydrogen-bond acceptors (Lipinski definition) is 9. The third-order valence-corrected chi connectivity index (χ3v) is 9.20. The molecule has 57 heavy (non-hydrogen) atoms. The molecule has 2 unspecified atom stereocenters. The number of ether oxygens (including phenoxy) is 2. The highest BCUT2D eigenvalue weighted by molar-refractivity contribution is 6.09. The summed E-state index contributed by atoms with van der Waals surface area (Å²) in [7, 11) is 0. The number of urea groups is 1. The molecule has 296 valence electrons. The first kappa shape index (κ1) is 41.6. The fraction of sp³-hybridized carbons (Fsp3) is 0.341. The molecule has 0 aliphatic carbocycles. The predicted molar refractivity (Wildman–Crippen MR) is 211 cm³/mol. The van der Waals surface area contributed by atoms with E-state index in [-0.39, 0.29) is 6.54 Å². The van der Waals surface area contributed by atoms with Crippen LogP contribution in [0.2, 0.25) is 0 Å². The second-order valence-electron chi connectivity index (χ2n) is 16.0. The van der Waals surface area contributed by atoms with Gasteiger partial charge in [0.2, 0.25) is 11.8 Å². The van der Waals surface area contributed by atoms with E-state index in [4.69, 9.17) is 9.47 Å². The quantitative estimate of drug-likeness (QED) is 0.133. The van der Waals surface area contributed by atoms with Gasteiger partial charge in [0.1, 0.15) is 29.3 Å². The van der Waals surface area contributed by atoms with Gasteiger partial charge in [-0.15, -0.1) is 0 Å². The lowest BCUT2D eigenvalue weighted by Crippen LogP contribution is -2.53. The van der Waals surface area contributed by atoms with Crippen LogP contribution >= 0.6 is 0 Å². The maximum Gasteiger partial charge on any atom is 0.333 e. The topological polar surface area (TPSA) is 175 Å². The molecule has 0 saturated carbocycles. The average molecular weight is 774 g/mol. The molecule has 1 aliphatic rings. The normalized spacial score (nSPS) is 16.7. The van der Waals surface area contributed by atoms with Gasteiger partial charge in [-0.2, -0.15) is 5.26 Å². The zero-order valence-electron chi connectivity index (χ0n) is 33.1. The Bertz CT molecular complexity index is 2220. The Morgan fingerprint density at radius 1 is 0.789 bits per heavy atom. The minimum absolute atomic E-state index is 0.000751. The molecule has 13 heteroatoms. The maximum absolute atomic E-state index is 14.4. The number of hydrogen-bond donors (Lipinski definition) is 2. The molecule has 1 aliphatic heterocycles. The van der Waals surface area contributed by atoms with Crippen LogP contribution in [0.25, 0.3) is 10.8 Å². The Morgan fingerprint density at radius 3 is 2.02 bits per heavy atom. The van der Waals surface area contributed by atoms with Crippen LogP contribution < -0.4 is 10.6 Å². The molecule has 4 aromatic rings. The monoisotopic (exact) mass is 773 g/mol. The number of nitrogens with one attached hydrogen (secondary N) is 2. The van der Waals surface area contributed by atoms with Crippen molar-refractivity contribution in [3.05, 3.63) is 119 Å². The minimum atomic E-state index is -1.60. The van der Waals surface area contributed by atoms with Crippen LogP contribution in [0.1, 0.15) is 83.2 Å². The first-order valence-corrected chi connectivity index (χ1v) is 18.5. The first-order valence-electron chi connectivity index (χ1n) is 18.5. The molecular formula is C44H47N5O8. The predicted octanol–water partition coefficient (Wildman–Crippen LogP) is 5.81. The molecule has 1 fully saturated rings. The van der Waals surface area contributed by atoms with Crippen molar-refractivity contribution >= 4 is 46.5 Å².